The number of hydrogen-bond donors (Lipinski definition) is 2. The van der Waals surface area contributed by atoms with Gasteiger partial charge in [-0.1, -0.05) is 19.1 Å². The van der Waals surface area contributed by atoms with Gasteiger partial charge in [0.15, 0.2) is 0 Å². The molecule has 1 aliphatic heterocycles. The second-order valence-corrected chi connectivity index (χ2v) is 10.4. The second kappa shape index (κ2) is 13.1. The van der Waals surface area contributed by atoms with Gasteiger partial charge in [-0.2, -0.15) is 26.3 Å². The van der Waals surface area contributed by atoms with Crippen LogP contribution < -0.4 is 10.1 Å². The third kappa shape index (κ3) is 9.09. The highest BCUT2D eigenvalue weighted by molar-refractivity contribution is 5.99. The summed E-state index contributed by atoms with van der Waals surface area (Å²) in [6.45, 7) is 4.10. The van der Waals surface area contributed by atoms with Crippen molar-refractivity contribution in [1.82, 2.24) is 9.80 Å². The van der Waals surface area contributed by atoms with Crippen LogP contribution in [0.4, 0.5) is 32.0 Å². The van der Waals surface area contributed by atoms with Gasteiger partial charge in [-0.25, -0.2) is 0 Å². The van der Waals surface area contributed by atoms with E-state index in [1.807, 2.05) is 11.8 Å². The fourth-order valence-electron chi connectivity index (χ4n) is 4.48. The number of rotatable bonds is 9. The quantitative estimate of drug-likeness (QED) is 0.386. The standard InChI is InChI=1S/C28H33F6N3O4/c1-17-13-37(18(2)16-38)26(40)22-12-21(35-25(39)10-11-27(29,30)31)8-9-23(22)41-24(17)15-36(3)14-19-4-6-20(7-5-19)28(32,33)34/h4-9,12,17-18,24,38H,10-11,13-16H2,1-3H3,(H,35,39)/t17-,18+,24+/m1/s1. The van der Waals surface area contributed by atoms with Crippen molar-refractivity contribution in [2.24, 2.45) is 5.92 Å². The van der Waals surface area contributed by atoms with E-state index in [-0.39, 0.29) is 36.1 Å². The van der Waals surface area contributed by atoms with Crippen LogP contribution in [0, 0.1) is 5.92 Å². The number of aliphatic hydroxyl groups excluding tert-OH is 1. The SMILES string of the molecule is C[C@@H]1CN([C@@H](C)CO)C(=O)c2cc(NC(=O)CCC(F)(F)F)ccc2O[C@H]1CN(C)Cc1ccc(C(F)(F)F)cc1. The molecular weight excluding hydrogens is 556 g/mol. The van der Waals surface area contributed by atoms with Gasteiger partial charge in [0, 0.05) is 37.7 Å². The van der Waals surface area contributed by atoms with Crippen LogP contribution in [0.2, 0.25) is 0 Å². The summed E-state index contributed by atoms with van der Waals surface area (Å²) in [5, 5.41) is 12.2. The lowest BCUT2D eigenvalue weighted by Crippen LogP contribution is -2.49. The van der Waals surface area contributed by atoms with E-state index in [0.29, 0.717) is 18.7 Å². The molecule has 0 fully saturated rings. The summed E-state index contributed by atoms with van der Waals surface area (Å²) in [4.78, 5) is 28.9. The maximum Gasteiger partial charge on any atom is 0.416 e. The van der Waals surface area contributed by atoms with E-state index in [2.05, 4.69) is 5.32 Å². The van der Waals surface area contributed by atoms with Crippen molar-refractivity contribution in [3.63, 3.8) is 0 Å². The first-order valence-electron chi connectivity index (χ1n) is 13.0. The van der Waals surface area contributed by atoms with Crippen LogP contribution in [0.15, 0.2) is 42.5 Å². The van der Waals surface area contributed by atoms with Gasteiger partial charge in [-0.3, -0.25) is 14.5 Å². The van der Waals surface area contributed by atoms with Gasteiger partial charge in [-0.05, 0) is 49.9 Å². The van der Waals surface area contributed by atoms with E-state index in [0.717, 1.165) is 12.1 Å². The first-order chi connectivity index (χ1) is 19.1. The number of benzene rings is 2. The average molecular weight is 590 g/mol. The molecule has 0 spiro atoms. The summed E-state index contributed by atoms with van der Waals surface area (Å²) in [6, 6.07) is 8.50. The van der Waals surface area contributed by atoms with Crippen LogP contribution in [0.1, 0.15) is 48.2 Å². The molecule has 1 aliphatic rings. The van der Waals surface area contributed by atoms with E-state index < -0.39 is 54.7 Å². The van der Waals surface area contributed by atoms with Crippen LogP contribution in [-0.2, 0) is 17.5 Å². The summed E-state index contributed by atoms with van der Waals surface area (Å²) < 4.78 is 82.4. The molecule has 3 atom stereocenters. The first kappa shape index (κ1) is 32.2. The first-order valence-corrected chi connectivity index (χ1v) is 13.0. The minimum absolute atomic E-state index is 0.0706. The summed E-state index contributed by atoms with van der Waals surface area (Å²) in [5.41, 5.74) is 0.113. The Balaban J connectivity index is 1.82. The van der Waals surface area contributed by atoms with E-state index in [1.54, 1.807) is 14.0 Å². The molecule has 41 heavy (non-hydrogen) atoms. The number of alkyl halides is 6. The summed E-state index contributed by atoms with van der Waals surface area (Å²) in [7, 11) is 1.78. The van der Waals surface area contributed by atoms with Crippen molar-refractivity contribution in [3.05, 3.63) is 59.2 Å². The largest absolute Gasteiger partial charge is 0.488 e. The van der Waals surface area contributed by atoms with Crippen molar-refractivity contribution in [3.8, 4) is 5.75 Å². The molecule has 7 nitrogen and oxygen atoms in total. The average Bonchev–Trinajstić information content (AvgIpc) is 2.88. The highest BCUT2D eigenvalue weighted by Gasteiger charge is 2.34. The molecule has 0 unspecified atom stereocenters. The number of fused-ring (bicyclic) bond motifs is 1. The molecule has 2 amide bonds. The van der Waals surface area contributed by atoms with E-state index in [9.17, 15) is 41.0 Å². The number of carbonyl (C=O) groups excluding carboxylic acids is 2. The van der Waals surface area contributed by atoms with Crippen LogP contribution in [0.5, 0.6) is 5.75 Å². The van der Waals surface area contributed by atoms with E-state index in [4.69, 9.17) is 4.74 Å². The lowest BCUT2D eigenvalue weighted by Gasteiger charge is -2.38. The fraction of sp³-hybridized carbons (Fsp3) is 0.500. The molecule has 3 rings (SSSR count). The number of aliphatic hydroxyl groups is 1. The predicted octanol–water partition coefficient (Wildman–Crippen LogP) is 5.34. The number of hydrogen-bond acceptors (Lipinski definition) is 5. The number of amides is 2. The monoisotopic (exact) mass is 589 g/mol. The molecule has 2 aromatic rings. The molecule has 0 radical (unpaired) electrons. The minimum Gasteiger partial charge on any atom is -0.488 e. The van der Waals surface area contributed by atoms with Crippen molar-refractivity contribution >= 4 is 17.5 Å². The summed E-state index contributed by atoms with van der Waals surface area (Å²) in [6.07, 6.45) is -11.5. The lowest BCUT2D eigenvalue weighted by molar-refractivity contribution is -0.142. The van der Waals surface area contributed by atoms with Crippen molar-refractivity contribution in [2.45, 2.75) is 57.7 Å². The molecule has 0 saturated heterocycles. The zero-order valence-electron chi connectivity index (χ0n) is 22.9. The van der Waals surface area contributed by atoms with Crippen LogP contribution >= 0.6 is 0 Å². The Bertz CT molecular complexity index is 1200. The van der Waals surface area contributed by atoms with Gasteiger partial charge >= 0.3 is 12.4 Å². The Kier molecular flexibility index (Phi) is 10.3. The second-order valence-electron chi connectivity index (χ2n) is 10.4. The molecule has 0 bridgehead atoms. The molecule has 2 N–H and O–H groups in total. The smallest absolute Gasteiger partial charge is 0.416 e. The maximum absolute atomic E-state index is 13.5. The van der Waals surface area contributed by atoms with Gasteiger partial charge in [0.05, 0.1) is 30.2 Å². The molecule has 2 aromatic carbocycles. The fourth-order valence-corrected chi connectivity index (χ4v) is 4.48. The van der Waals surface area contributed by atoms with Gasteiger partial charge in [0.2, 0.25) is 5.91 Å². The number of nitrogens with zero attached hydrogens (tertiary/aromatic N) is 2. The third-order valence-electron chi connectivity index (χ3n) is 6.81. The summed E-state index contributed by atoms with van der Waals surface area (Å²) >= 11 is 0. The van der Waals surface area contributed by atoms with Crippen LogP contribution in [-0.4, -0.2) is 71.8 Å². The number of nitrogens with one attached hydrogen (secondary N) is 1. The highest BCUT2D eigenvalue weighted by atomic mass is 19.4. The van der Waals surface area contributed by atoms with Crippen molar-refractivity contribution in [1.29, 1.82) is 0 Å². The molecule has 0 saturated carbocycles. The molecule has 0 aromatic heterocycles. The zero-order valence-corrected chi connectivity index (χ0v) is 22.9. The normalized spacial score (nSPS) is 18.8. The molecular formula is C28H33F6N3O4. The minimum atomic E-state index is -4.49. The lowest BCUT2D eigenvalue weighted by atomic mass is 9.99. The highest BCUT2D eigenvalue weighted by Crippen LogP contribution is 2.32. The van der Waals surface area contributed by atoms with Gasteiger partial charge in [-0.15, -0.1) is 0 Å². The number of ether oxygens (including phenoxy) is 1. The molecule has 0 aliphatic carbocycles. The Hall–Kier alpha value is -3.32. The van der Waals surface area contributed by atoms with Crippen LogP contribution in [0.25, 0.3) is 0 Å². The summed E-state index contributed by atoms with van der Waals surface area (Å²) in [5.74, 6) is -1.37. The topological polar surface area (TPSA) is 82.1 Å². The van der Waals surface area contributed by atoms with E-state index in [1.165, 1.54) is 35.2 Å². The molecule has 1 heterocycles. The Morgan fingerprint density at radius 2 is 1.80 bits per heavy atom. The Morgan fingerprint density at radius 3 is 2.39 bits per heavy atom. The molecule has 226 valence electrons. The van der Waals surface area contributed by atoms with Gasteiger partial charge < -0.3 is 20.1 Å². The van der Waals surface area contributed by atoms with Crippen LogP contribution in [0.3, 0.4) is 0 Å². The third-order valence-corrected chi connectivity index (χ3v) is 6.81. The maximum atomic E-state index is 13.5. The predicted molar refractivity (Wildman–Crippen MR) is 139 cm³/mol. The van der Waals surface area contributed by atoms with Crippen molar-refractivity contribution in [2.75, 3.05) is 32.1 Å². The van der Waals surface area contributed by atoms with Gasteiger partial charge in [0.25, 0.3) is 5.91 Å². The number of halogens is 6. The Morgan fingerprint density at radius 1 is 1.15 bits per heavy atom. The number of likely N-dealkylation sites (N-methyl/N-ethyl adjacent to an activating group) is 1. The van der Waals surface area contributed by atoms with Crippen molar-refractivity contribution < 1.29 is 45.8 Å². The molecule has 13 heteroatoms. The number of anilines is 1. The van der Waals surface area contributed by atoms with Gasteiger partial charge in [0.1, 0.15) is 11.9 Å². The van der Waals surface area contributed by atoms with E-state index >= 15 is 0 Å². The Labute approximate surface area is 234 Å². The zero-order chi connectivity index (χ0) is 30.5. The number of carbonyl (C=O) groups is 2.